The molecule has 0 unspecified atom stereocenters. The average molecular weight is 237 g/mol. The van der Waals surface area contributed by atoms with E-state index in [1.54, 1.807) is 12.3 Å². The molecule has 1 heterocycles. The third-order valence-electron chi connectivity index (χ3n) is 2.31. The number of halogens is 1. The van der Waals surface area contributed by atoms with Gasteiger partial charge in [0.05, 0.1) is 6.61 Å². The van der Waals surface area contributed by atoms with E-state index in [1.807, 2.05) is 36.0 Å². The molecule has 0 aliphatic carbocycles. The largest absolute Gasteiger partial charge is 0.493 e. The summed E-state index contributed by atoms with van der Waals surface area (Å²) in [5, 5.41) is 0.689. The highest BCUT2D eigenvalue weighted by Gasteiger charge is 2.00. The van der Waals surface area contributed by atoms with Gasteiger partial charge in [0, 0.05) is 30.9 Å². The highest BCUT2D eigenvalue weighted by Crippen LogP contribution is 2.17. The molecule has 84 valence electrons. The van der Waals surface area contributed by atoms with Gasteiger partial charge in [-0.3, -0.25) is 0 Å². The number of imidazole rings is 1. The van der Waals surface area contributed by atoms with Gasteiger partial charge in [-0.25, -0.2) is 4.98 Å². The summed E-state index contributed by atoms with van der Waals surface area (Å²) in [6.45, 7) is 0.602. The smallest absolute Gasteiger partial charge is 0.120 e. The van der Waals surface area contributed by atoms with Crippen molar-refractivity contribution in [2.75, 3.05) is 6.61 Å². The summed E-state index contributed by atoms with van der Waals surface area (Å²) < 4.78 is 7.56. The minimum atomic E-state index is 0.602. The Labute approximate surface area is 99.6 Å². The Hall–Kier alpha value is -1.48. The summed E-state index contributed by atoms with van der Waals surface area (Å²) in [6.07, 6.45) is 4.50. The Kier molecular flexibility index (Phi) is 3.47. The monoisotopic (exact) mass is 236 g/mol. The molecule has 0 atom stereocenters. The maximum atomic E-state index is 5.85. The molecule has 0 amide bonds. The normalized spacial score (nSPS) is 10.4. The van der Waals surface area contributed by atoms with Crippen molar-refractivity contribution in [3.63, 3.8) is 0 Å². The van der Waals surface area contributed by atoms with Crippen molar-refractivity contribution in [1.29, 1.82) is 0 Å². The molecule has 0 saturated heterocycles. The van der Waals surface area contributed by atoms with Crippen molar-refractivity contribution in [3.8, 4) is 5.75 Å². The summed E-state index contributed by atoms with van der Waals surface area (Å²) in [6, 6.07) is 7.40. The van der Waals surface area contributed by atoms with Gasteiger partial charge in [-0.1, -0.05) is 17.7 Å². The fourth-order valence-corrected chi connectivity index (χ4v) is 1.63. The number of hydrogen-bond acceptors (Lipinski definition) is 2. The second-order valence-corrected chi connectivity index (χ2v) is 3.95. The molecule has 2 aromatic rings. The molecule has 0 saturated carbocycles. The fourth-order valence-electron chi connectivity index (χ4n) is 1.45. The quantitative estimate of drug-likeness (QED) is 0.816. The van der Waals surface area contributed by atoms with Gasteiger partial charge in [0.15, 0.2) is 0 Å². The predicted octanol–water partition coefficient (Wildman–Crippen LogP) is 2.70. The molecule has 3 nitrogen and oxygen atoms in total. The van der Waals surface area contributed by atoms with E-state index in [-0.39, 0.29) is 0 Å². The van der Waals surface area contributed by atoms with Gasteiger partial charge in [-0.05, 0) is 18.2 Å². The second-order valence-electron chi connectivity index (χ2n) is 3.51. The number of aryl methyl sites for hydroxylation is 1. The first-order chi connectivity index (χ1) is 7.75. The molecular formula is C12H13ClN2O. The van der Waals surface area contributed by atoms with E-state index >= 15 is 0 Å². The number of rotatable bonds is 4. The molecule has 0 spiro atoms. The summed E-state index contributed by atoms with van der Waals surface area (Å²) in [4.78, 5) is 4.22. The van der Waals surface area contributed by atoms with Crippen LogP contribution >= 0.6 is 11.6 Å². The molecule has 0 N–H and O–H groups in total. The van der Waals surface area contributed by atoms with Crippen LogP contribution in [0.1, 0.15) is 5.82 Å². The molecule has 1 aromatic carbocycles. The average Bonchev–Trinajstić information content (AvgIpc) is 2.65. The predicted molar refractivity (Wildman–Crippen MR) is 63.9 cm³/mol. The molecule has 0 aliphatic heterocycles. The number of hydrogen-bond donors (Lipinski definition) is 0. The zero-order valence-electron chi connectivity index (χ0n) is 9.06. The van der Waals surface area contributed by atoms with E-state index in [1.165, 1.54) is 0 Å². The first-order valence-corrected chi connectivity index (χ1v) is 5.48. The van der Waals surface area contributed by atoms with Gasteiger partial charge in [0.1, 0.15) is 11.6 Å². The highest BCUT2D eigenvalue weighted by molar-refractivity contribution is 6.30. The minimum absolute atomic E-state index is 0.602. The van der Waals surface area contributed by atoms with E-state index in [2.05, 4.69) is 4.98 Å². The molecule has 16 heavy (non-hydrogen) atoms. The maximum absolute atomic E-state index is 5.85. The van der Waals surface area contributed by atoms with Crippen LogP contribution in [0.2, 0.25) is 5.02 Å². The fraction of sp³-hybridized carbons (Fsp3) is 0.250. The van der Waals surface area contributed by atoms with Gasteiger partial charge in [0.25, 0.3) is 0 Å². The maximum Gasteiger partial charge on any atom is 0.120 e. The molecule has 0 radical (unpaired) electrons. The van der Waals surface area contributed by atoms with Crippen LogP contribution in [-0.2, 0) is 13.5 Å². The molecule has 0 fully saturated rings. The first kappa shape index (κ1) is 11.0. The van der Waals surface area contributed by atoms with Crippen LogP contribution in [0.5, 0.6) is 5.75 Å². The Bertz CT molecular complexity index is 468. The summed E-state index contributed by atoms with van der Waals surface area (Å²) in [5.41, 5.74) is 0. The van der Waals surface area contributed by atoms with Crippen molar-refractivity contribution in [3.05, 3.63) is 47.5 Å². The summed E-state index contributed by atoms with van der Waals surface area (Å²) in [7, 11) is 1.97. The lowest BCUT2D eigenvalue weighted by molar-refractivity contribution is 0.317. The van der Waals surface area contributed by atoms with Crippen molar-refractivity contribution in [2.24, 2.45) is 7.05 Å². The summed E-state index contributed by atoms with van der Waals surface area (Å²) in [5.74, 6) is 1.81. The van der Waals surface area contributed by atoms with Crippen molar-refractivity contribution < 1.29 is 4.74 Å². The van der Waals surface area contributed by atoms with Crippen LogP contribution in [0.4, 0.5) is 0 Å². The zero-order valence-corrected chi connectivity index (χ0v) is 9.81. The molecule has 1 aromatic heterocycles. The minimum Gasteiger partial charge on any atom is -0.493 e. The Morgan fingerprint density at radius 1 is 1.44 bits per heavy atom. The van der Waals surface area contributed by atoms with E-state index in [0.29, 0.717) is 11.6 Å². The molecule has 0 aliphatic rings. The van der Waals surface area contributed by atoms with Gasteiger partial charge >= 0.3 is 0 Å². The Morgan fingerprint density at radius 3 is 3.00 bits per heavy atom. The standard InChI is InChI=1S/C12H13ClN2O/c1-15-7-6-14-12(15)5-8-16-11-4-2-3-10(13)9-11/h2-4,6-7,9H,5,8H2,1H3. The third-order valence-corrected chi connectivity index (χ3v) is 2.55. The van der Waals surface area contributed by atoms with E-state index in [0.717, 1.165) is 18.0 Å². The van der Waals surface area contributed by atoms with Crippen LogP contribution in [-0.4, -0.2) is 16.2 Å². The van der Waals surface area contributed by atoms with E-state index < -0.39 is 0 Å². The topological polar surface area (TPSA) is 27.1 Å². The first-order valence-electron chi connectivity index (χ1n) is 5.10. The number of benzene rings is 1. The van der Waals surface area contributed by atoms with E-state index in [4.69, 9.17) is 16.3 Å². The second kappa shape index (κ2) is 5.03. The van der Waals surface area contributed by atoms with Crippen LogP contribution in [0.25, 0.3) is 0 Å². The lowest BCUT2D eigenvalue weighted by Gasteiger charge is -2.06. The van der Waals surface area contributed by atoms with Gasteiger partial charge in [-0.15, -0.1) is 0 Å². The molecule has 0 bridgehead atoms. The zero-order chi connectivity index (χ0) is 11.4. The summed E-state index contributed by atoms with van der Waals surface area (Å²) >= 11 is 5.85. The lowest BCUT2D eigenvalue weighted by atomic mass is 10.3. The molecular weight excluding hydrogens is 224 g/mol. The van der Waals surface area contributed by atoms with Crippen LogP contribution in [0, 0.1) is 0 Å². The van der Waals surface area contributed by atoms with Crippen molar-refractivity contribution in [2.45, 2.75) is 6.42 Å². The van der Waals surface area contributed by atoms with Crippen LogP contribution in [0.15, 0.2) is 36.7 Å². The SMILES string of the molecule is Cn1ccnc1CCOc1cccc(Cl)c1. The lowest BCUT2D eigenvalue weighted by Crippen LogP contribution is -2.06. The third kappa shape index (κ3) is 2.76. The van der Waals surface area contributed by atoms with Gasteiger partial charge in [-0.2, -0.15) is 0 Å². The van der Waals surface area contributed by atoms with Crippen LogP contribution in [0.3, 0.4) is 0 Å². The molecule has 2 rings (SSSR count). The number of aromatic nitrogens is 2. The highest BCUT2D eigenvalue weighted by atomic mass is 35.5. The Morgan fingerprint density at radius 2 is 2.31 bits per heavy atom. The van der Waals surface area contributed by atoms with E-state index in [9.17, 15) is 0 Å². The van der Waals surface area contributed by atoms with Gasteiger partial charge < -0.3 is 9.30 Å². The molecule has 4 heteroatoms. The van der Waals surface area contributed by atoms with Crippen molar-refractivity contribution in [1.82, 2.24) is 9.55 Å². The van der Waals surface area contributed by atoms with Gasteiger partial charge in [0.2, 0.25) is 0 Å². The number of nitrogens with zero attached hydrogens (tertiary/aromatic N) is 2. The van der Waals surface area contributed by atoms with Crippen LogP contribution < -0.4 is 4.74 Å². The van der Waals surface area contributed by atoms with Crippen molar-refractivity contribution >= 4 is 11.6 Å². The number of ether oxygens (including phenoxy) is 1. The Balaban J connectivity index is 1.87.